The number of likely N-dealkylation sites (N-methyl/N-ethyl adjacent to an activating group) is 1. The zero-order valence-corrected chi connectivity index (χ0v) is 19.0. The molecule has 0 aliphatic rings. The first-order valence-corrected chi connectivity index (χ1v) is 11.2. The summed E-state index contributed by atoms with van der Waals surface area (Å²) in [4.78, 5) is 34.9. The molecule has 0 N–H and O–H groups in total. The number of hydrogen-bond acceptors (Lipinski definition) is 8. The van der Waals surface area contributed by atoms with Gasteiger partial charge >= 0.3 is 5.97 Å². The monoisotopic (exact) mass is 452 g/mol. The summed E-state index contributed by atoms with van der Waals surface area (Å²) in [6.07, 6.45) is 1.80. The zero-order chi connectivity index (χ0) is 23.1. The van der Waals surface area contributed by atoms with E-state index in [1.165, 1.54) is 17.8 Å². The van der Waals surface area contributed by atoms with Crippen LogP contribution >= 0.6 is 11.8 Å². The maximum absolute atomic E-state index is 13.0. The molecule has 2 aromatic carbocycles. The van der Waals surface area contributed by atoms with Crippen molar-refractivity contribution in [1.29, 1.82) is 0 Å². The van der Waals surface area contributed by atoms with Gasteiger partial charge in [0.2, 0.25) is 0 Å². The van der Waals surface area contributed by atoms with Gasteiger partial charge in [-0.3, -0.25) is 15.0 Å². The van der Waals surface area contributed by atoms with Crippen LogP contribution in [0.4, 0.5) is 5.69 Å². The molecular weight excluding hydrogens is 428 g/mol. The van der Waals surface area contributed by atoms with Gasteiger partial charge in [-0.1, -0.05) is 54.2 Å². The maximum atomic E-state index is 13.0. The van der Waals surface area contributed by atoms with Gasteiger partial charge in [-0.25, -0.2) is 14.8 Å². The number of nitrogens with zero attached hydrogens (tertiary/aromatic N) is 4. The number of rotatable bonds is 9. The Kier molecular flexibility index (Phi) is 7.91. The van der Waals surface area contributed by atoms with Gasteiger partial charge in [0.1, 0.15) is 12.2 Å². The average molecular weight is 453 g/mol. The number of para-hydroxylation sites is 1. The van der Waals surface area contributed by atoms with Gasteiger partial charge in [0.05, 0.1) is 21.9 Å². The van der Waals surface area contributed by atoms with Crippen molar-refractivity contribution < 1.29 is 14.5 Å². The summed E-state index contributed by atoms with van der Waals surface area (Å²) in [6.45, 7) is 3.11. The number of hydrogen-bond donors (Lipinski definition) is 0. The second-order valence-corrected chi connectivity index (χ2v) is 7.93. The predicted octanol–water partition coefficient (Wildman–Crippen LogP) is 4.37. The van der Waals surface area contributed by atoms with Crippen LogP contribution in [0, 0.1) is 17.0 Å². The standard InChI is InChI=1S/C23H24N4O4S/c1-16-20(22(28)31-14-13-26(2)15-17-9-5-4-6-10-17)21(25-23(24-16)32-3)18-11-7-8-12-19(18)27(29)30/h4-12H,13-15H2,1-3H3. The fourth-order valence-corrected chi connectivity index (χ4v) is 3.66. The van der Waals surface area contributed by atoms with Gasteiger partial charge in [0.25, 0.3) is 5.69 Å². The molecule has 0 fully saturated rings. The van der Waals surface area contributed by atoms with Crippen LogP contribution < -0.4 is 0 Å². The Hall–Kier alpha value is -3.30. The molecule has 166 valence electrons. The van der Waals surface area contributed by atoms with Crippen molar-refractivity contribution in [1.82, 2.24) is 14.9 Å². The number of nitro benzene ring substituents is 1. The van der Waals surface area contributed by atoms with Crippen LogP contribution in [0.25, 0.3) is 11.3 Å². The maximum Gasteiger partial charge on any atom is 0.342 e. The van der Waals surface area contributed by atoms with Crippen LogP contribution in [0.1, 0.15) is 21.6 Å². The Morgan fingerprint density at radius 2 is 1.81 bits per heavy atom. The molecule has 1 aromatic heterocycles. The van der Waals surface area contributed by atoms with Crippen molar-refractivity contribution >= 4 is 23.4 Å². The third-order valence-electron chi connectivity index (χ3n) is 4.81. The Bertz CT molecular complexity index is 1110. The van der Waals surface area contributed by atoms with E-state index in [4.69, 9.17) is 4.74 Å². The molecule has 1 heterocycles. The van der Waals surface area contributed by atoms with E-state index in [-0.39, 0.29) is 29.1 Å². The van der Waals surface area contributed by atoms with Crippen LogP contribution in [0.3, 0.4) is 0 Å². The summed E-state index contributed by atoms with van der Waals surface area (Å²) in [5.74, 6) is -0.601. The lowest BCUT2D eigenvalue weighted by atomic mass is 10.0. The van der Waals surface area contributed by atoms with E-state index in [1.807, 2.05) is 42.3 Å². The predicted molar refractivity (Wildman–Crippen MR) is 124 cm³/mol. The normalized spacial score (nSPS) is 10.9. The Morgan fingerprint density at radius 3 is 2.50 bits per heavy atom. The Morgan fingerprint density at radius 1 is 1.12 bits per heavy atom. The number of thioether (sulfide) groups is 1. The molecule has 3 aromatic rings. The Balaban J connectivity index is 1.81. The molecule has 9 heteroatoms. The number of aromatic nitrogens is 2. The third kappa shape index (κ3) is 5.68. The summed E-state index contributed by atoms with van der Waals surface area (Å²) >= 11 is 1.30. The van der Waals surface area contributed by atoms with E-state index >= 15 is 0 Å². The largest absolute Gasteiger partial charge is 0.461 e. The number of benzene rings is 2. The summed E-state index contributed by atoms with van der Waals surface area (Å²) in [6, 6.07) is 16.2. The molecule has 0 atom stereocenters. The highest BCUT2D eigenvalue weighted by Crippen LogP contribution is 2.33. The van der Waals surface area contributed by atoms with Gasteiger partial charge in [0, 0.05) is 19.2 Å². The minimum absolute atomic E-state index is 0.130. The smallest absolute Gasteiger partial charge is 0.342 e. The van der Waals surface area contributed by atoms with Crippen LogP contribution in [0.5, 0.6) is 0 Å². The van der Waals surface area contributed by atoms with Crippen molar-refractivity contribution in [3.8, 4) is 11.3 Å². The fraction of sp³-hybridized carbons (Fsp3) is 0.261. The molecule has 3 rings (SSSR count). The quantitative estimate of drug-likeness (QED) is 0.155. The number of esters is 1. The van der Waals surface area contributed by atoms with Gasteiger partial charge in [0.15, 0.2) is 5.16 Å². The zero-order valence-electron chi connectivity index (χ0n) is 18.1. The first-order chi connectivity index (χ1) is 15.4. The van der Waals surface area contributed by atoms with Crippen molar-refractivity contribution in [2.45, 2.75) is 18.6 Å². The second-order valence-electron chi connectivity index (χ2n) is 7.15. The molecule has 0 spiro atoms. The van der Waals surface area contributed by atoms with E-state index in [9.17, 15) is 14.9 Å². The van der Waals surface area contributed by atoms with E-state index in [2.05, 4.69) is 9.97 Å². The highest BCUT2D eigenvalue weighted by Gasteiger charge is 2.26. The first-order valence-electron chi connectivity index (χ1n) is 9.96. The molecule has 0 unspecified atom stereocenters. The number of ether oxygens (including phenoxy) is 1. The number of nitro groups is 1. The van der Waals surface area contributed by atoms with Gasteiger partial charge in [-0.15, -0.1) is 0 Å². The molecular formula is C23H24N4O4S. The molecule has 0 saturated carbocycles. The van der Waals surface area contributed by atoms with E-state index in [1.54, 1.807) is 31.4 Å². The van der Waals surface area contributed by atoms with Gasteiger partial charge in [-0.05, 0) is 31.9 Å². The molecule has 0 aliphatic carbocycles. The minimum Gasteiger partial charge on any atom is -0.461 e. The van der Waals surface area contributed by atoms with Crippen molar-refractivity contribution in [3.63, 3.8) is 0 Å². The molecule has 8 nitrogen and oxygen atoms in total. The van der Waals surface area contributed by atoms with Crippen molar-refractivity contribution in [2.75, 3.05) is 26.5 Å². The van der Waals surface area contributed by atoms with E-state index in [0.717, 1.165) is 12.1 Å². The van der Waals surface area contributed by atoms with Crippen LogP contribution in [-0.2, 0) is 11.3 Å². The third-order valence-corrected chi connectivity index (χ3v) is 5.36. The van der Waals surface area contributed by atoms with Crippen LogP contribution in [-0.4, -0.2) is 52.2 Å². The van der Waals surface area contributed by atoms with E-state index in [0.29, 0.717) is 17.4 Å². The molecule has 0 radical (unpaired) electrons. The summed E-state index contributed by atoms with van der Waals surface area (Å²) in [5, 5.41) is 12.0. The average Bonchev–Trinajstić information content (AvgIpc) is 2.79. The SMILES string of the molecule is CSc1nc(C)c(C(=O)OCCN(C)Cc2ccccc2)c(-c2ccccc2[N+](=O)[O-])n1. The van der Waals surface area contributed by atoms with E-state index < -0.39 is 10.9 Å². The molecule has 0 saturated heterocycles. The molecule has 0 amide bonds. The van der Waals surface area contributed by atoms with Gasteiger partial charge in [-0.2, -0.15) is 0 Å². The number of carbonyl (C=O) groups excluding carboxylic acids is 1. The van der Waals surface area contributed by atoms with Crippen molar-refractivity contribution in [3.05, 3.63) is 81.5 Å². The minimum atomic E-state index is -0.601. The molecule has 0 aliphatic heterocycles. The molecule has 32 heavy (non-hydrogen) atoms. The summed E-state index contributed by atoms with van der Waals surface area (Å²) in [7, 11) is 1.95. The highest BCUT2D eigenvalue weighted by molar-refractivity contribution is 7.98. The lowest BCUT2D eigenvalue weighted by Crippen LogP contribution is -2.24. The summed E-state index contributed by atoms with van der Waals surface area (Å²) in [5.41, 5.74) is 2.05. The number of aryl methyl sites for hydroxylation is 1. The highest BCUT2D eigenvalue weighted by atomic mass is 32.2. The fourth-order valence-electron chi connectivity index (χ4n) is 3.25. The van der Waals surface area contributed by atoms with Crippen molar-refractivity contribution in [2.24, 2.45) is 0 Å². The lowest BCUT2D eigenvalue weighted by molar-refractivity contribution is -0.384. The summed E-state index contributed by atoms with van der Waals surface area (Å²) < 4.78 is 5.52. The second kappa shape index (κ2) is 10.8. The lowest BCUT2D eigenvalue weighted by Gasteiger charge is -2.17. The van der Waals surface area contributed by atoms with Gasteiger partial charge < -0.3 is 4.74 Å². The molecule has 0 bridgehead atoms. The number of carbonyl (C=O) groups is 1. The Labute approximate surface area is 190 Å². The first kappa shape index (κ1) is 23.4. The topological polar surface area (TPSA) is 98.5 Å². The van der Waals surface area contributed by atoms with Crippen LogP contribution in [0.2, 0.25) is 0 Å². The van der Waals surface area contributed by atoms with Crippen LogP contribution in [0.15, 0.2) is 59.8 Å².